The largest absolute Gasteiger partial charge is 0.444 e. The zero-order chi connectivity index (χ0) is 30.0. The highest BCUT2D eigenvalue weighted by Gasteiger charge is 2.37. The molecule has 0 aliphatic heterocycles. The summed E-state index contributed by atoms with van der Waals surface area (Å²) in [5, 5.41) is 6.09. The van der Waals surface area contributed by atoms with E-state index in [-0.39, 0.29) is 11.8 Å². The molecule has 40 heavy (non-hydrogen) atoms. The van der Waals surface area contributed by atoms with Crippen LogP contribution in [0.1, 0.15) is 83.5 Å². The molecule has 0 saturated heterocycles. The summed E-state index contributed by atoms with van der Waals surface area (Å²) in [6.07, 6.45) is 7.34. The first-order valence-electron chi connectivity index (χ1n) is 13.7. The molecule has 0 spiro atoms. The quantitative estimate of drug-likeness (QED) is 0.229. The fourth-order valence-electron chi connectivity index (χ4n) is 4.24. The number of ether oxygens (including phenoxy) is 1. The monoisotopic (exact) mass is 567 g/mol. The molecular weight excluding hydrogens is 526 g/mol. The van der Waals surface area contributed by atoms with Gasteiger partial charge in [0.1, 0.15) is 17.7 Å². The maximum Gasteiger partial charge on any atom is 0.408 e. The van der Waals surface area contributed by atoms with Crippen LogP contribution in [0.3, 0.4) is 0 Å². The van der Waals surface area contributed by atoms with E-state index in [0.717, 1.165) is 18.4 Å². The Morgan fingerprint density at radius 3 is 2.25 bits per heavy atom. The van der Waals surface area contributed by atoms with Crippen LogP contribution in [0.5, 0.6) is 0 Å². The molecule has 0 saturated carbocycles. The smallest absolute Gasteiger partial charge is 0.408 e. The summed E-state index contributed by atoms with van der Waals surface area (Å²) in [4.78, 5) is 42.5. The van der Waals surface area contributed by atoms with Crippen molar-refractivity contribution >= 4 is 35.2 Å². The number of rotatable bonds is 11. The molecule has 2 unspecified atom stereocenters. The summed E-state index contributed by atoms with van der Waals surface area (Å²) >= 11 is 6.43. The SMILES string of the molecule is C#Cc1ccc(C(C(=O)Nc2c(C)cccc2Cl)N(CCCCC)C(=O)C(NC(=O)OC(C)(C)C)C(C)C)cc1. The zero-order valence-electron chi connectivity index (χ0n) is 24.6. The third-order valence-electron chi connectivity index (χ3n) is 6.31. The molecule has 0 bridgehead atoms. The predicted octanol–water partition coefficient (Wildman–Crippen LogP) is 6.88. The summed E-state index contributed by atoms with van der Waals surface area (Å²) in [6.45, 7) is 13.2. The predicted molar refractivity (Wildman–Crippen MR) is 161 cm³/mol. The molecule has 2 aromatic carbocycles. The number of carbonyl (C=O) groups excluding carboxylic acids is 3. The maximum atomic E-state index is 14.2. The number of benzene rings is 2. The van der Waals surface area contributed by atoms with Crippen LogP contribution in [-0.2, 0) is 14.3 Å². The number of halogens is 1. The van der Waals surface area contributed by atoms with Crippen molar-refractivity contribution < 1.29 is 19.1 Å². The van der Waals surface area contributed by atoms with E-state index in [0.29, 0.717) is 34.8 Å². The molecule has 2 N–H and O–H groups in total. The fraction of sp³-hybridized carbons (Fsp3) is 0.469. The summed E-state index contributed by atoms with van der Waals surface area (Å²) < 4.78 is 5.44. The summed E-state index contributed by atoms with van der Waals surface area (Å²) in [5.41, 5.74) is 1.78. The van der Waals surface area contributed by atoms with Crippen molar-refractivity contribution in [1.82, 2.24) is 10.2 Å². The van der Waals surface area contributed by atoms with Gasteiger partial charge in [-0.3, -0.25) is 9.59 Å². The van der Waals surface area contributed by atoms with Gasteiger partial charge in [0.25, 0.3) is 5.91 Å². The van der Waals surface area contributed by atoms with E-state index < -0.39 is 29.7 Å². The van der Waals surface area contributed by atoms with Crippen molar-refractivity contribution in [2.45, 2.75) is 85.4 Å². The van der Waals surface area contributed by atoms with E-state index >= 15 is 0 Å². The lowest BCUT2D eigenvalue weighted by Crippen LogP contribution is -2.54. The molecule has 0 fully saturated rings. The first-order chi connectivity index (χ1) is 18.8. The lowest BCUT2D eigenvalue weighted by molar-refractivity contribution is -0.141. The number of aryl methyl sites for hydroxylation is 1. The number of carbonyl (C=O) groups is 3. The first kappa shape index (κ1) is 32.7. The number of terminal acetylenes is 1. The van der Waals surface area contributed by atoms with Crippen LogP contribution in [-0.4, -0.2) is 41.0 Å². The highest BCUT2D eigenvalue weighted by Crippen LogP contribution is 2.30. The summed E-state index contributed by atoms with van der Waals surface area (Å²) in [5.74, 6) is 1.51. The van der Waals surface area contributed by atoms with Gasteiger partial charge < -0.3 is 20.3 Å². The van der Waals surface area contributed by atoms with Crippen LogP contribution >= 0.6 is 11.6 Å². The lowest BCUT2D eigenvalue weighted by Gasteiger charge is -2.36. The average Bonchev–Trinajstić information content (AvgIpc) is 2.87. The molecule has 0 aliphatic rings. The van der Waals surface area contributed by atoms with E-state index in [1.807, 2.05) is 26.8 Å². The molecule has 0 aromatic heterocycles. The minimum absolute atomic E-state index is 0.271. The molecule has 2 atom stereocenters. The molecule has 8 heteroatoms. The second-order valence-corrected chi connectivity index (χ2v) is 11.6. The van der Waals surface area contributed by atoms with Crippen molar-refractivity contribution in [3.05, 3.63) is 64.2 Å². The number of anilines is 1. The van der Waals surface area contributed by atoms with Crippen LogP contribution < -0.4 is 10.6 Å². The van der Waals surface area contributed by atoms with E-state index in [1.165, 1.54) is 0 Å². The van der Waals surface area contributed by atoms with Crippen molar-refractivity contribution in [2.75, 3.05) is 11.9 Å². The van der Waals surface area contributed by atoms with Crippen LogP contribution in [0.2, 0.25) is 5.02 Å². The second kappa shape index (κ2) is 14.8. The Morgan fingerprint density at radius 1 is 1.07 bits per heavy atom. The number of nitrogens with one attached hydrogen (secondary N) is 2. The number of hydrogen-bond donors (Lipinski definition) is 2. The number of nitrogens with zero attached hydrogens (tertiary/aromatic N) is 1. The van der Waals surface area contributed by atoms with Crippen molar-refractivity contribution in [3.63, 3.8) is 0 Å². The topological polar surface area (TPSA) is 87.7 Å². The minimum atomic E-state index is -1.01. The van der Waals surface area contributed by atoms with Crippen molar-refractivity contribution in [3.8, 4) is 12.3 Å². The Labute approximate surface area is 244 Å². The number of amides is 3. The number of unbranched alkanes of at least 4 members (excludes halogenated alkanes) is 2. The van der Waals surface area contributed by atoms with Gasteiger partial charge in [0.15, 0.2) is 0 Å². The zero-order valence-corrected chi connectivity index (χ0v) is 25.4. The first-order valence-corrected chi connectivity index (χ1v) is 14.1. The molecule has 2 aromatic rings. The molecule has 3 amide bonds. The number of alkyl carbamates (subject to hydrolysis) is 1. The van der Waals surface area contributed by atoms with E-state index in [4.69, 9.17) is 22.8 Å². The van der Waals surface area contributed by atoms with Gasteiger partial charge in [0.2, 0.25) is 5.91 Å². The van der Waals surface area contributed by atoms with E-state index in [9.17, 15) is 14.4 Å². The summed E-state index contributed by atoms with van der Waals surface area (Å²) in [6, 6.07) is 10.4. The Kier molecular flexibility index (Phi) is 12.1. The van der Waals surface area contributed by atoms with Gasteiger partial charge in [-0.25, -0.2) is 4.79 Å². The Hall–Kier alpha value is -3.50. The molecule has 2 rings (SSSR count). The maximum absolute atomic E-state index is 14.2. The van der Waals surface area contributed by atoms with Gasteiger partial charge in [-0.15, -0.1) is 6.42 Å². The summed E-state index contributed by atoms with van der Waals surface area (Å²) in [7, 11) is 0. The van der Waals surface area contributed by atoms with E-state index in [2.05, 4.69) is 23.5 Å². The molecule has 7 nitrogen and oxygen atoms in total. The van der Waals surface area contributed by atoms with Gasteiger partial charge in [-0.05, 0) is 69.4 Å². The van der Waals surface area contributed by atoms with Gasteiger partial charge in [-0.2, -0.15) is 0 Å². The van der Waals surface area contributed by atoms with Crippen LogP contribution in [0, 0.1) is 25.2 Å². The van der Waals surface area contributed by atoms with Crippen LogP contribution in [0.15, 0.2) is 42.5 Å². The Morgan fingerprint density at radius 2 is 1.73 bits per heavy atom. The van der Waals surface area contributed by atoms with Crippen LogP contribution in [0.4, 0.5) is 10.5 Å². The van der Waals surface area contributed by atoms with Crippen LogP contribution in [0.25, 0.3) is 0 Å². The molecular formula is C32H42ClN3O4. The van der Waals surface area contributed by atoms with E-state index in [1.54, 1.807) is 62.1 Å². The Balaban J connectivity index is 2.59. The lowest BCUT2D eigenvalue weighted by atomic mass is 9.97. The van der Waals surface area contributed by atoms with Gasteiger partial charge in [0.05, 0.1) is 10.7 Å². The second-order valence-electron chi connectivity index (χ2n) is 11.2. The van der Waals surface area contributed by atoms with Gasteiger partial charge in [-0.1, -0.05) is 75.4 Å². The number of hydrogen-bond acceptors (Lipinski definition) is 4. The molecule has 216 valence electrons. The third kappa shape index (κ3) is 9.31. The average molecular weight is 568 g/mol. The standard InChI is InChI=1S/C32H42ClN3O4/c1-9-11-12-20-36(30(38)26(21(3)4)35-31(39)40-32(6,7)8)28(24-18-16-23(10-2)17-19-24)29(37)34-27-22(5)14-13-15-25(27)33/h2,13-19,21,26,28H,9,11-12,20H2,1,3-8H3,(H,34,37)(H,35,39). The van der Waals surface area contributed by atoms with Gasteiger partial charge in [0, 0.05) is 12.1 Å². The number of para-hydroxylation sites is 1. The van der Waals surface area contributed by atoms with Crippen molar-refractivity contribution in [1.29, 1.82) is 0 Å². The fourth-order valence-corrected chi connectivity index (χ4v) is 4.51. The molecule has 0 radical (unpaired) electrons. The molecule has 0 aliphatic carbocycles. The minimum Gasteiger partial charge on any atom is -0.444 e. The third-order valence-corrected chi connectivity index (χ3v) is 6.63. The highest BCUT2D eigenvalue weighted by molar-refractivity contribution is 6.34. The molecule has 0 heterocycles. The Bertz CT molecular complexity index is 1190. The normalized spacial score (nSPS) is 12.7. The van der Waals surface area contributed by atoms with Gasteiger partial charge >= 0.3 is 6.09 Å². The van der Waals surface area contributed by atoms with Crippen molar-refractivity contribution in [2.24, 2.45) is 5.92 Å². The highest BCUT2D eigenvalue weighted by atomic mass is 35.5.